The number of nitrogens with zero attached hydrogens (tertiary/aromatic N) is 3. The lowest BCUT2D eigenvalue weighted by molar-refractivity contribution is -0.245. The fourth-order valence-electron chi connectivity index (χ4n) is 4.62. The number of carbonyl (C=O) groups is 1. The number of nitrogens with one attached hydrogen (secondary N) is 1. The quantitative estimate of drug-likeness (QED) is 0.218. The lowest BCUT2D eigenvalue weighted by Crippen LogP contribution is -2.31. The van der Waals surface area contributed by atoms with Gasteiger partial charge in [-0.1, -0.05) is 54.6 Å². The highest BCUT2D eigenvalue weighted by molar-refractivity contribution is 7.99. The molecule has 1 aliphatic rings. The third-order valence-corrected chi connectivity index (χ3v) is 7.87. The zero-order chi connectivity index (χ0) is 28.0. The van der Waals surface area contributed by atoms with Crippen molar-refractivity contribution in [2.45, 2.75) is 36.6 Å². The van der Waals surface area contributed by atoms with Crippen molar-refractivity contribution in [1.29, 1.82) is 0 Å². The summed E-state index contributed by atoms with van der Waals surface area (Å²) >= 11 is 1.65. The summed E-state index contributed by atoms with van der Waals surface area (Å²) in [4.78, 5) is 26.0. The monoisotopic (exact) mass is 564 g/mol. The standard InChI is InChI=1S/C32H28N4O4S/c37-19-21-8-10-22(11-9-21)29-17-25(20-41-30-7-3-4-16-33-30)39-32(40-29)23-12-14-24(15-13-23)35-31(38)28-18-34-26-5-1-2-6-27(26)36-28/h1-16,18,25,29,32,37H,17,19-20H2,(H,35,38). The first-order valence-corrected chi connectivity index (χ1v) is 14.3. The van der Waals surface area contributed by atoms with E-state index >= 15 is 0 Å². The second-order valence-corrected chi connectivity index (χ2v) is 10.7. The first-order chi connectivity index (χ1) is 20.1. The molecule has 8 nitrogen and oxygen atoms in total. The van der Waals surface area contributed by atoms with Crippen molar-refractivity contribution in [1.82, 2.24) is 15.0 Å². The summed E-state index contributed by atoms with van der Waals surface area (Å²) in [5, 5.41) is 13.3. The van der Waals surface area contributed by atoms with Crippen molar-refractivity contribution in [2.75, 3.05) is 11.1 Å². The summed E-state index contributed by atoms with van der Waals surface area (Å²) in [7, 11) is 0. The number of thioether (sulfide) groups is 1. The number of pyridine rings is 1. The molecule has 2 N–H and O–H groups in total. The number of hydrogen-bond acceptors (Lipinski definition) is 8. The second kappa shape index (κ2) is 12.6. The Labute approximate surface area is 241 Å². The summed E-state index contributed by atoms with van der Waals surface area (Å²) in [5.41, 5.74) is 5.00. The van der Waals surface area contributed by atoms with Crippen LogP contribution in [0.15, 0.2) is 108 Å². The largest absolute Gasteiger partial charge is 0.392 e. The molecule has 6 rings (SSSR count). The normalized spacial score (nSPS) is 18.7. The molecular formula is C32H28N4O4S. The van der Waals surface area contributed by atoms with Crippen LogP contribution in [-0.4, -0.2) is 37.8 Å². The average Bonchev–Trinajstić information content (AvgIpc) is 3.04. The van der Waals surface area contributed by atoms with Crippen LogP contribution in [-0.2, 0) is 16.1 Å². The molecule has 0 spiro atoms. The minimum atomic E-state index is -0.586. The van der Waals surface area contributed by atoms with E-state index in [4.69, 9.17) is 9.47 Å². The van der Waals surface area contributed by atoms with Crippen molar-refractivity contribution in [3.8, 4) is 0 Å². The molecule has 1 amide bonds. The van der Waals surface area contributed by atoms with Gasteiger partial charge in [-0.3, -0.25) is 9.78 Å². The zero-order valence-electron chi connectivity index (χ0n) is 22.1. The van der Waals surface area contributed by atoms with E-state index in [2.05, 4.69) is 20.3 Å². The van der Waals surface area contributed by atoms with Gasteiger partial charge in [0.25, 0.3) is 5.91 Å². The van der Waals surface area contributed by atoms with Gasteiger partial charge in [0.1, 0.15) is 5.69 Å². The third kappa shape index (κ3) is 6.61. The molecule has 1 aliphatic heterocycles. The molecule has 2 aromatic heterocycles. The highest BCUT2D eigenvalue weighted by Gasteiger charge is 2.32. The number of aliphatic hydroxyl groups excluding tert-OH is 1. The Morgan fingerprint density at radius 1 is 0.878 bits per heavy atom. The van der Waals surface area contributed by atoms with E-state index in [9.17, 15) is 9.90 Å². The van der Waals surface area contributed by atoms with Crippen LogP contribution in [0.3, 0.4) is 0 Å². The van der Waals surface area contributed by atoms with Gasteiger partial charge in [0.2, 0.25) is 0 Å². The molecule has 1 saturated heterocycles. The number of anilines is 1. The third-order valence-electron chi connectivity index (χ3n) is 6.79. The number of amides is 1. The number of para-hydroxylation sites is 2. The number of ether oxygens (including phenoxy) is 2. The molecule has 41 heavy (non-hydrogen) atoms. The Balaban J connectivity index is 1.17. The van der Waals surface area contributed by atoms with Gasteiger partial charge in [-0.05, 0) is 47.5 Å². The van der Waals surface area contributed by atoms with Gasteiger partial charge in [0, 0.05) is 29.6 Å². The van der Waals surface area contributed by atoms with Crippen LogP contribution in [0.25, 0.3) is 11.0 Å². The van der Waals surface area contributed by atoms with Gasteiger partial charge in [0.05, 0.1) is 41.1 Å². The van der Waals surface area contributed by atoms with Crippen molar-refractivity contribution in [3.05, 3.63) is 126 Å². The van der Waals surface area contributed by atoms with E-state index in [1.807, 2.05) is 91.0 Å². The van der Waals surface area contributed by atoms with Crippen molar-refractivity contribution in [2.24, 2.45) is 0 Å². The van der Waals surface area contributed by atoms with E-state index in [0.717, 1.165) is 33.0 Å². The van der Waals surface area contributed by atoms with E-state index in [1.54, 1.807) is 18.0 Å². The molecule has 0 radical (unpaired) electrons. The first kappa shape index (κ1) is 27.0. The molecule has 3 heterocycles. The number of benzene rings is 3. The maximum absolute atomic E-state index is 12.8. The molecule has 3 atom stereocenters. The van der Waals surface area contributed by atoms with Gasteiger partial charge in [-0.2, -0.15) is 0 Å². The number of aliphatic hydroxyl groups is 1. The Kier molecular flexibility index (Phi) is 8.29. The number of fused-ring (bicyclic) bond motifs is 1. The van der Waals surface area contributed by atoms with Gasteiger partial charge >= 0.3 is 0 Å². The summed E-state index contributed by atoms with van der Waals surface area (Å²) in [6.45, 7) is -0.00277. The van der Waals surface area contributed by atoms with Crippen LogP contribution >= 0.6 is 11.8 Å². The van der Waals surface area contributed by atoms with Gasteiger partial charge < -0.3 is 19.9 Å². The van der Waals surface area contributed by atoms with Crippen LogP contribution in [0.4, 0.5) is 5.69 Å². The maximum Gasteiger partial charge on any atom is 0.275 e. The number of aromatic nitrogens is 3. The number of rotatable bonds is 8. The summed E-state index contributed by atoms with van der Waals surface area (Å²) in [5.74, 6) is 0.391. The summed E-state index contributed by atoms with van der Waals surface area (Å²) < 4.78 is 12.8. The van der Waals surface area contributed by atoms with Crippen LogP contribution < -0.4 is 5.32 Å². The Morgan fingerprint density at radius 3 is 2.39 bits per heavy atom. The average molecular weight is 565 g/mol. The summed E-state index contributed by atoms with van der Waals surface area (Å²) in [6, 6.07) is 28.6. The minimum Gasteiger partial charge on any atom is -0.392 e. The van der Waals surface area contributed by atoms with Crippen LogP contribution in [0.5, 0.6) is 0 Å². The topological polar surface area (TPSA) is 106 Å². The van der Waals surface area contributed by atoms with Crippen LogP contribution in [0.2, 0.25) is 0 Å². The highest BCUT2D eigenvalue weighted by Crippen LogP contribution is 2.39. The summed E-state index contributed by atoms with van der Waals surface area (Å²) in [6.07, 6.45) is 3.11. The van der Waals surface area contributed by atoms with Crippen LogP contribution in [0, 0.1) is 0 Å². The predicted octanol–water partition coefficient (Wildman–Crippen LogP) is 6.11. The molecule has 3 aromatic carbocycles. The fourth-order valence-corrected chi connectivity index (χ4v) is 5.50. The number of carbonyl (C=O) groups excluding carboxylic acids is 1. The molecule has 1 fully saturated rings. The van der Waals surface area contributed by atoms with E-state index in [-0.39, 0.29) is 30.4 Å². The molecule has 0 saturated carbocycles. The molecule has 5 aromatic rings. The molecule has 206 valence electrons. The first-order valence-electron chi connectivity index (χ1n) is 13.3. The van der Waals surface area contributed by atoms with Crippen molar-refractivity contribution < 1.29 is 19.4 Å². The minimum absolute atomic E-state index is 0.00277. The maximum atomic E-state index is 12.8. The molecule has 9 heteroatoms. The van der Waals surface area contributed by atoms with Gasteiger partial charge in [-0.15, -0.1) is 11.8 Å². The zero-order valence-corrected chi connectivity index (χ0v) is 22.9. The SMILES string of the molecule is O=C(Nc1ccc(C2OC(CSc3ccccn3)CC(c3ccc(CO)cc3)O2)cc1)c1cnc2ccccc2n1. The van der Waals surface area contributed by atoms with Crippen LogP contribution in [0.1, 0.15) is 46.0 Å². The Hall–Kier alpha value is -4.15. The Morgan fingerprint density at radius 2 is 1.63 bits per heavy atom. The number of hydrogen-bond donors (Lipinski definition) is 2. The fraction of sp³-hybridized carbons (Fsp3) is 0.188. The molecule has 0 bridgehead atoms. The van der Waals surface area contributed by atoms with E-state index < -0.39 is 6.29 Å². The predicted molar refractivity (Wildman–Crippen MR) is 157 cm³/mol. The highest BCUT2D eigenvalue weighted by atomic mass is 32.2. The molecular weight excluding hydrogens is 536 g/mol. The van der Waals surface area contributed by atoms with E-state index in [1.165, 1.54) is 6.20 Å². The van der Waals surface area contributed by atoms with E-state index in [0.29, 0.717) is 17.6 Å². The lowest BCUT2D eigenvalue weighted by Gasteiger charge is -2.36. The van der Waals surface area contributed by atoms with Gasteiger partial charge in [0.15, 0.2) is 6.29 Å². The Bertz CT molecular complexity index is 1620. The smallest absolute Gasteiger partial charge is 0.275 e. The molecule has 0 aliphatic carbocycles. The molecule has 3 unspecified atom stereocenters. The van der Waals surface area contributed by atoms with Gasteiger partial charge in [-0.25, -0.2) is 9.97 Å². The second-order valence-electron chi connectivity index (χ2n) is 9.65. The van der Waals surface area contributed by atoms with Crippen molar-refractivity contribution in [3.63, 3.8) is 0 Å². The van der Waals surface area contributed by atoms with Crippen molar-refractivity contribution >= 4 is 34.4 Å². The lowest BCUT2D eigenvalue weighted by atomic mass is 10.0.